The van der Waals surface area contributed by atoms with Crippen molar-refractivity contribution >= 4 is 5.97 Å². The van der Waals surface area contributed by atoms with Crippen LogP contribution in [0.25, 0.3) is 0 Å². The minimum atomic E-state index is -0.0336. The Morgan fingerprint density at radius 3 is 2.69 bits per heavy atom. The summed E-state index contributed by atoms with van der Waals surface area (Å²) in [5.74, 6) is 0.0775. The molecule has 74 valence electrons. The summed E-state index contributed by atoms with van der Waals surface area (Å²) in [5, 5.41) is 3.33. The molecule has 1 aliphatic carbocycles. The van der Waals surface area contributed by atoms with Gasteiger partial charge in [0.15, 0.2) is 0 Å². The van der Waals surface area contributed by atoms with Crippen LogP contribution in [0.1, 0.15) is 20.3 Å². The first-order valence-electron chi connectivity index (χ1n) is 4.85. The lowest BCUT2D eigenvalue weighted by atomic mass is 9.95. The number of rotatable bonds is 1. The van der Waals surface area contributed by atoms with E-state index < -0.39 is 0 Å². The zero-order valence-electron chi connectivity index (χ0n) is 8.52. The predicted molar refractivity (Wildman–Crippen MR) is 49.2 cm³/mol. The SMILES string of the molecule is COC(=O)C1C(C)(C)C12CCNC2. The van der Waals surface area contributed by atoms with Gasteiger partial charge in [0, 0.05) is 12.0 Å². The summed E-state index contributed by atoms with van der Waals surface area (Å²) in [6, 6.07) is 0. The van der Waals surface area contributed by atoms with Crippen molar-refractivity contribution in [3.05, 3.63) is 0 Å². The molecule has 0 aromatic carbocycles. The Kier molecular flexibility index (Phi) is 1.71. The lowest BCUT2D eigenvalue weighted by Gasteiger charge is -2.09. The Hall–Kier alpha value is -0.570. The second kappa shape index (κ2) is 2.47. The highest BCUT2D eigenvalue weighted by Crippen LogP contribution is 2.71. The maximum atomic E-state index is 11.5. The highest BCUT2D eigenvalue weighted by atomic mass is 16.5. The summed E-state index contributed by atoms with van der Waals surface area (Å²) in [5.41, 5.74) is 0.323. The van der Waals surface area contributed by atoms with Crippen molar-refractivity contribution in [1.29, 1.82) is 0 Å². The molecule has 1 spiro atoms. The molecule has 3 nitrogen and oxygen atoms in total. The van der Waals surface area contributed by atoms with Crippen LogP contribution in [0.15, 0.2) is 0 Å². The lowest BCUT2D eigenvalue weighted by Crippen LogP contribution is -2.16. The van der Waals surface area contributed by atoms with Crippen LogP contribution >= 0.6 is 0 Å². The third kappa shape index (κ3) is 0.909. The third-order valence-electron chi connectivity index (χ3n) is 4.10. The Bertz CT molecular complexity index is 241. The van der Waals surface area contributed by atoms with Gasteiger partial charge < -0.3 is 10.1 Å². The van der Waals surface area contributed by atoms with Crippen LogP contribution in [0.3, 0.4) is 0 Å². The first-order valence-corrected chi connectivity index (χ1v) is 4.85. The fourth-order valence-electron chi connectivity index (χ4n) is 3.09. The molecule has 2 fully saturated rings. The van der Waals surface area contributed by atoms with Crippen LogP contribution in [0.4, 0.5) is 0 Å². The molecule has 13 heavy (non-hydrogen) atoms. The van der Waals surface area contributed by atoms with Crippen molar-refractivity contribution in [1.82, 2.24) is 5.32 Å². The van der Waals surface area contributed by atoms with Gasteiger partial charge in [0.25, 0.3) is 0 Å². The van der Waals surface area contributed by atoms with E-state index in [9.17, 15) is 4.79 Å². The van der Waals surface area contributed by atoms with Crippen molar-refractivity contribution in [2.45, 2.75) is 20.3 Å². The van der Waals surface area contributed by atoms with E-state index in [1.807, 2.05) is 0 Å². The average molecular weight is 183 g/mol. The van der Waals surface area contributed by atoms with Crippen LogP contribution in [-0.4, -0.2) is 26.2 Å². The molecule has 0 bridgehead atoms. The van der Waals surface area contributed by atoms with Crippen molar-refractivity contribution in [3.8, 4) is 0 Å². The Balaban J connectivity index is 2.19. The summed E-state index contributed by atoms with van der Waals surface area (Å²) in [6.45, 7) is 6.35. The van der Waals surface area contributed by atoms with Gasteiger partial charge in [-0.05, 0) is 18.4 Å². The molecule has 1 heterocycles. The van der Waals surface area contributed by atoms with Crippen LogP contribution in [0.2, 0.25) is 0 Å². The van der Waals surface area contributed by atoms with Crippen molar-refractivity contribution in [2.24, 2.45) is 16.7 Å². The molecule has 1 saturated heterocycles. The molecule has 0 amide bonds. The van der Waals surface area contributed by atoms with Crippen LogP contribution in [0, 0.1) is 16.7 Å². The van der Waals surface area contributed by atoms with E-state index in [0.717, 1.165) is 19.5 Å². The van der Waals surface area contributed by atoms with Crippen molar-refractivity contribution in [2.75, 3.05) is 20.2 Å². The van der Waals surface area contributed by atoms with E-state index in [1.165, 1.54) is 7.11 Å². The lowest BCUT2D eigenvalue weighted by molar-refractivity contribution is -0.143. The number of carbonyl (C=O) groups is 1. The minimum absolute atomic E-state index is 0.0336. The molecular formula is C10H17NO2. The van der Waals surface area contributed by atoms with Crippen LogP contribution in [0.5, 0.6) is 0 Å². The summed E-state index contributed by atoms with van der Waals surface area (Å²) in [7, 11) is 1.48. The first kappa shape index (κ1) is 9.00. The van der Waals surface area contributed by atoms with Gasteiger partial charge in [0.1, 0.15) is 0 Å². The van der Waals surface area contributed by atoms with Gasteiger partial charge in [-0.3, -0.25) is 4.79 Å². The van der Waals surface area contributed by atoms with Gasteiger partial charge in [-0.2, -0.15) is 0 Å². The highest BCUT2D eigenvalue weighted by Gasteiger charge is 2.74. The van der Waals surface area contributed by atoms with Gasteiger partial charge in [-0.25, -0.2) is 0 Å². The number of hydrogen-bond donors (Lipinski definition) is 1. The molecule has 2 unspecified atom stereocenters. The maximum absolute atomic E-state index is 11.5. The zero-order valence-corrected chi connectivity index (χ0v) is 8.52. The Morgan fingerprint density at radius 1 is 1.54 bits per heavy atom. The molecule has 0 radical (unpaired) electrons. The van der Waals surface area contributed by atoms with Crippen molar-refractivity contribution in [3.63, 3.8) is 0 Å². The van der Waals surface area contributed by atoms with Gasteiger partial charge in [0.2, 0.25) is 0 Å². The number of nitrogens with one attached hydrogen (secondary N) is 1. The molecule has 0 aromatic heterocycles. The molecule has 1 saturated carbocycles. The largest absolute Gasteiger partial charge is 0.469 e. The number of ether oxygens (including phenoxy) is 1. The quantitative estimate of drug-likeness (QED) is 0.611. The van der Waals surface area contributed by atoms with Gasteiger partial charge >= 0.3 is 5.97 Å². The second-order valence-electron chi connectivity index (χ2n) is 4.76. The minimum Gasteiger partial charge on any atom is -0.469 e. The van der Waals surface area contributed by atoms with E-state index in [-0.39, 0.29) is 22.7 Å². The van der Waals surface area contributed by atoms with Gasteiger partial charge in [-0.1, -0.05) is 13.8 Å². The highest BCUT2D eigenvalue weighted by molar-refractivity contribution is 5.79. The molecule has 1 N–H and O–H groups in total. The molecule has 2 atom stereocenters. The molecule has 2 aliphatic rings. The number of carbonyl (C=O) groups excluding carboxylic acids is 1. The van der Waals surface area contributed by atoms with Crippen LogP contribution in [-0.2, 0) is 9.53 Å². The first-order chi connectivity index (χ1) is 6.06. The standard InChI is InChI=1S/C10H17NO2/c1-9(2)7(8(12)13-3)10(9)4-5-11-6-10/h7,11H,4-6H2,1-3H3. The monoisotopic (exact) mass is 183 g/mol. The van der Waals surface area contributed by atoms with E-state index in [4.69, 9.17) is 4.74 Å². The third-order valence-corrected chi connectivity index (χ3v) is 4.10. The normalized spacial score (nSPS) is 40.7. The fourth-order valence-corrected chi connectivity index (χ4v) is 3.09. The smallest absolute Gasteiger partial charge is 0.309 e. The number of esters is 1. The van der Waals surface area contributed by atoms with E-state index >= 15 is 0 Å². The van der Waals surface area contributed by atoms with E-state index in [0.29, 0.717) is 0 Å². The Labute approximate surface area is 78.8 Å². The summed E-state index contributed by atoms with van der Waals surface area (Å²) < 4.78 is 4.83. The number of methoxy groups -OCH3 is 1. The molecule has 0 aromatic rings. The van der Waals surface area contributed by atoms with Gasteiger partial charge in [0.05, 0.1) is 13.0 Å². The number of hydrogen-bond acceptors (Lipinski definition) is 3. The fraction of sp³-hybridized carbons (Fsp3) is 0.900. The maximum Gasteiger partial charge on any atom is 0.309 e. The van der Waals surface area contributed by atoms with Gasteiger partial charge in [-0.15, -0.1) is 0 Å². The average Bonchev–Trinajstić information content (AvgIpc) is 2.52. The molecular weight excluding hydrogens is 166 g/mol. The molecule has 2 rings (SSSR count). The van der Waals surface area contributed by atoms with E-state index in [1.54, 1.807) is 0 Å². The van der Waals surface area contributed by atoms with E-state index in [2.05, 4.69) is 19.2 Å². The molecule has 1 aliphatic heterocycles. The van der Waals surface area contributed by atoms with Crippen LogP contribution < -0.4 is 5.32 Å². The summed E-state index contributed by atoms with van der Waals surface area (Å²) in [6.07, 6.45) is 1.11. The van der Waals surface area contributed by atoms with Crippen molar-refractivity contribution < 1.29 is 9.53 Å². The second-order valence-corrected chi connectivity index (χ2v) is 4.76. The predicted octanol–water partition coefficient (Wildman–Crippen LogP) is 0.795. The molecule has 3 heteroatoms. The summed E-state index contributed by atoms with van der Waals surface area (Å²) >= 11 is 0. The zero-order chi connectivity index (χ0) is 9.69. The summed E-state index contributed by atoms with van der Waals surface area (Å²) in [4.78, 5) is 11.5. The Morgan fingerprint density at radius 2 is 2.23 bits per heavy atom. The topological polar surface area (TPSA) is 38.3 Å².